The minimum Gasteiger partial charge on any atom is -0.0756 e. The maximum absolute atomic E-state index is 2.58. The molecule has 0 nitrogen and oxygen atoms in total. The summed E-state index contributed by atoms with van der Waals surface area (Å²) in [6, 6.07) is 0. The van der Waals surface area contributed by atoms with Crippen LogP contribution in [0.3, 0.4) is 0 Å². The third-order valence-corrected chi connectivity index (χ3v) is 43.3. The summed E-state index contributed by atoms with van der Waals surface area (Å²) in [4.78, 5) is 0. The number of rotatable bonds is 3. The fourth-order valence-corrected chi connectivity index (χ4v) is 23.6. The van der Waals surface area contributed by atoms with E-state index in [0.717, 1.165) is 0 Å². The Labute approximate surface area is 71.8 Å². The second kappa shape index (κ2) is 3.51. The highest BCUT2D eigenvalue weighted by Crippen LogP contribution is 2.15. The number of hydrogen-bond acceptors (Lipinski definition) is 0. The minimum atomic E-state index is -0.726. The third kappa shape index (κ3) is 2.18. The molecule has 0 atom stereocenters. The van der Waals surface area contributed by atoms with Crippen molar-refractivity contribution in [1.82, 2.24) is 0 Å². The van der Waals surface area contributed by atoms with Crippen molar-refractivity contribution < 1.29 is 0 Å². The van der Waals surface area contributed by atoms with Gasteiger partial charge in [-0.15, -0.1) is 0 Å². The van der Waals surface area contributed by atoms with Crippen LogP contribution in [-0.4, -0.2) is 32.3 Å². The molecule has 4 heteroatoms. The van der Waals surface area contributed by atoms with Gasteiger partial charge in [0, 0.05) is 32.3 Å². The van der Waals surface area contributed by atoms with Gasteiger partial charge in [-0.1, -0.05) is 39.3 Å². The fourth-order valence-electron chi connectivity index (χ4n) is 0.625. The van der Waals surface area contributed by atoms with Crippen molar-refractivity contribution in [2.45, 2.75) is 39.3 Å². The van der Waals surface area contributed by atoms with Crippen molar-refractivity contribution in [2.75, 3.05) is 0 Å². The maximum atomic E-state index is 2.58. The van der Waals surface area contributed by atoms with E-state index in [9.17, 15) is 0 Å². The van der Waals surface area contributed by atoms with Crippen molar-refractivity contribution in [3.05, 3.63) is 0 Å². The molecule has 4 radical (unpaired) electrons. The van der Waals surface area contributed by atoms with Crippen molar-refractivity contribution in [3.63, 3.8) is 0 Å². The molecule has 0 spiro atoms. The van der Waals surface area contributed by atoms with Gasteiger partial charge >= 0.3 is 0 Å². The maximum Gasteiger partial charge on any atom is 0.0275 e. The van der Waals surface area contributed by atoms with Crippen LogP contribution in [0, 0.1) is 0 Å². The summed E-state index contributed by atoms with van der Waals surface area (Å²) in [5.41, 5.74) is 0. The normalized spacial score (nSPS) is 13.8. The minimum absolute atomic E-state index is 0.726. The third-order valence-electron chi connectivity index (χ3n) is 2.81. The van der Waals surface area contributed by atoms with Crippen LogP contribution in [0.1, 0.15) is 0 Å². The molecule has 0 heterocycles. The Bertz CT molecular complexity index is 94.3. The second-order valence-corrected chi connectivity index (χ2v) is 32.2. The standard InChI is InChI=1S/C6H18Si4/c1-7-9(3,4)10(5,6)8-2/h1-6H3. The Balaban J connectivity index is 4.28. The molecule has 0 aliphatic carbocycles. The molecule has 10 heavy (non-hydrogen) atoms. The highest BCUT2D eigenvalue weighted by atomic mass is 29.8. The van der Waals surface area contributed by atoms with Crippen LogP contribution in [-0.2, 0) is 0 Å². The monoisotopic (exact) mass is 202 g/mol. The van der Waals surface area contributed by atoms with Crippen LogP contribution in [0.2, 0.25) is 39.3 Å². The highest BCUT2D eigenvalue weighted by molar-refractivity contribution is 7.72. The molecular formula is C6H18Si4. The first kappa shape index (κ1) is 10.9. The first-order chi connectivity index (χ1) is 4.37. The van der Waals surface area contributed by atoms with Crippen molar-refractivity contribution in [2.24, 2.45) is 0 Å². The van der Waals surface area contributed by atoms with Gasteiger partial charge in [-0.3, -0.25) is 0 Å². The predicted molar refractivity (Wildman–Crippen MR) is 58.2 cm³/mol. The van der Waals surface area contributed by atoms with Crippen LogP contribution in [0.15, 0.2) is 0 Å². The van der Waals surface area contributed by atoms with Gasteiger partial charge in [-0.05, 0) is 0 Å². The molecule has 58 valence electrons. The SMILES string of the molecule is C[Si][Si](C)(C)[Si](C)(C)[Si]C. The lowest BCUT2D eigenvalue weighted by atomic mass is 11.9. The second-order valence-electron chi connectivity index (χ2n) is 3.75. The van der Waals surface area contributed by atoms with E-state index >= 15 is 0 Å². The summed E-state index contributed by atoms with van der Waals surface area (Å²) in [6.07, 6.45) is 0. The summed E-state index contributed by atoms with van der Waals surface area (Å²) in [6.45, 7) is 15.1. The van der Waals surface area contributed by atoms with E-state index in [4.69, 9.17) is 0 Å². The van der Waals surface area contributed by atoms with Crippen LogP contribution >= 0.6 is 0 Å². The van der Waals surface area contributed by atoms with E-state index < -0.39 is 14.2 Å². The van der Waals surface area contributed by atoms with Gasteiger partial charge in [-0.2, -0.15) is 0 Å². The van der Waals surface area contributed by atoms with Crippen LogP contribution in [0.4, 0.5) is 0 Å². The Morgan fingerprint density at radius 3 is 1.00 bits per heavy atom. The van der Waals surface area contributed by atoms with E-state index in [1.54, 1.807) is 0 Å². The zero-order valence-electron chi connectivity index (χ0n) is 8.00. The van der Waals surface area contributed by atoms with Gasteiger partial charge in [0.2, 0.25) is 0 Å². The summed E-state index contributed by atoms with van der Waals surface area (Å²) >= 11 is 0. The molecule has 0 unspecified atom stereocenters. The molecule has 0 saturated heterocycles. The molecule has 0 aromatic rings. The molecule has 0 amide bonds. The average Bonchev–Trinajstić information content (AvgIpc) is 1.88. The van der Waals surface area contributed by atoms with Crippen molar-refractivity contribution in [1.29, 1.82) is 0 Å². The lowest BCUT2D eigenvalue weighted by Gasteiger charge is -2.36. The van der Waals surface area contributed by atoms with Gasteiger partial charge in [0.1, 0.15) is 0 Å². The van der Waals surface area contributed by atoms with Crippen molar-refractivity contribution >= 4 is 32.3 Å². The molecule has 0 saturated carbocycles. The van der Waals surface area contributed by atoms with Gasteiger partial charge in [0.05, 0.1) is 0 Å². The Morgan fingerprint density at radius 2 is 0.900 bits per heavy atom. The lowest BCUT2D eigenvalue weighted by Crippen LogP contribution is -2.62. The molecular weight excluding hydrogens is 184 g/mol. The largest absolute Gasteiger partial charge is 0.0756 e. The van der Waals surface area contributed by atoms with E-state index in [-0.39, 0.29) is 0 Å². The molecule has 0 fully saturated rings. The predicted octanol–water partition coefficient (Wildman–Crippen LogP) is 1.98. The molecule has 0 rings (SSSR count). The van der Waals surface area contributed by atoms with Gasteiger partial charge in [0.25, 0.3) is 0 Å². The van der Waals surface area contributed by atoms with Crippen LogP contribution in [0.25, 0.3) is 0 Å². The van der Waals surface area contributed by atoms with E-state index in [1.807, 2.05) is 0 Å². The van der Waals surface area contributed by atoms with E-state index in [1.165, 1.54) is 18.1 Å². The van der Waals surface area contributed by atoms with Crippen LogP contribution < -0.4 is 0 Å². The first-order valence-electron chi connectivity index (χ1n) is 3.75. The number of hydrogen-bond donors (Lipinski definition) is 0. The first-order valence-corrected chi connectivity index (χ1v) is 15.8. The fraction of sp³-hybridized carbons (Fsp3) is 1.00. The zero-order chi connectivity index (χ0) is 8.41. The molecule has 0 aromatic heterocycles. The molecule has 0 aliphatic heterocycles. The van der Waals surface area contributed by atoms with Gasteiger partial charge < -0.3 is 0 Å². The average molecular weight is 203 g/mol. The summed E-state index contributed by atoms with van der Waals surface area (Å²) < 4.78 is 0. The Kier molecular flexibility index (Phi) is 3.81. The van der Waals surface area contributed by atoms with E-state index in [2.05, 4.69) is 39.3 Å². The molecule has 0 bridgehead atoms. The van der Waals surface area contributed by atoms with Gasteiger partial charge in [0.15, 0.2) is 0 Å². The highest BCUT2D eigenvalue weighted by Gasteiger charge is 2.37. The summed E-state index contributed by atoms with van der Waals surface area (Å²) in [5, 5.41) is 0. The van der Waals surface area contributed by atoms with Gasteiger partial charge in [-0.25, -0.2) is 0 Å². The summed E-state index contributed by atoms with van der Waals surface area (Å²) in [7, 11) is 1.05. The molecule has 0 aliphatic rings. The summed E-state index contributed by atoms with van der Waals surface area (Å²) in [5.74, 6) is 0. The topological polar surface area (TPSA) is 0 Å². The quantitative estimate of drug-likeness (QED) is 0.614. The van der Waals surface area contributed by atoms with Crippen LogP contribution in [0.5, 0.6) is 0 Å². The Hall–Kier alpha value is 0.868. The molecule has 0 aromatic carbocycles. The smallest absolute Gasteiger partial charge is 0.0275 e. The molecule has 0 N–H and O–H groups in total. The lowest BCUT2D eigenvalue weighted by molar-refractivity contribution is 1.89. The van der Waals surface area contributed by atoms with E-state index in [0.29, 0.717) is 0 Å². The zero-order valence-corrected chi connectivity index (χ0v) is 12.0. The Morgan fingerprint density at radius 1 is 0.700 bits per heavy atom. The van der Waals surface area contributed by atoms with Crippen molar-refractivity contribution in [3.8, 4) is 0 Å².